The van der Waals surface area contributed by atoms with Crippen LogP contribution in [0, 0.1) is 6.92 Å². The highest BCUT2D eigenvalue weighted by Crippen LogP contribution is 2.39. The van der Waals surface area contributed by atoms with Gasteiger partial charge in [0.15, 0.2) is 0 Å². The quantitative estimate of drug-likeness (QED) is 0.854. The van der Waals surface area contributed by atoms with Crippen molar-refractivity contribution in [2.45, 2.75) is 32.6 Å². The first-order valence-electron chi connectivity index (χ1n) is 7.22. The van der Waals surface area contributed by atoms with Gasteiger partial charge in [-0.2, -0.15) is 4.98 Å². The van der Waals surface area contributed by atoms with Gasteiger partial charge in [0, 0.05) is 18.5 Å². The molecule has 0 unspecified atom stereocenters. The van der Waals surface area contributed by atoms with Crippen LogP contribution in [-0.2, 0) is 0 Å². The van der Waals surface area contributed by atoms with Crippen LogP contribution in [0.1, 0.15) is 37.1 Å². The van der Waals surface area contributed by atoms with Crippen LogP contribution in [0.5, 0.6) is 11.6 Å². The van der Waals surface area contributed by atoms with E-state index in [1.807, 2.05) is 31.2 Å². The zero-order valence-corrected chi connectivity index (χ0v) is 13.8. The maximum absolute atomic E-state index is 5.93. The highest BCUT2D eigenvalue weighted by atomic mass is 79.9. The molecule has 0 bridgehead atoms. The summed E-state index contributed by atoms with van der Waals surface area (Å²) in [6, 6.07) is 7.85. The predicted molar refractivity (Wildman–Crippen MR) is 87.1 cm³/mol. The highest BCUT2D eigenvalue weighted by molar-refractivity contribution is 9.10. The first-order valence-corrected chi connectivity index (χ1v) is 8.02. The lowest BCUT2D eigenvalue weighted by Gasteiger charge is -2.11. The van der Waals surface area contributed by atoms with Crippen molar-refractivity contribution in [3.8, 4) is 11.6 Å². The van der Waals surface area contributed by atoms with Crippen LogP contribution in [0.25, 0.3) is 0 Å². The number of nitrogens with zero attached hydrogens (tertiary/aromatic N) is 2. The number of nitrogens with one attached hydrogen (secondary N) is 1. The minimum absolute atomic E-state index is 0.493. The van der Waals surface area contributed by atoms with E-state index in [0.29, 0.717) is 11.8 Å². The van der Waals surface area contributed by atoms with Gasteiger partial charge in [-0.25, -0.2) is 4.98 Å². The van der Waals surface area contributed by atoms with Crippen LogP contribution >= 0.6 is 15.9 Å². The van der Waals surface area contributed by atoms with Crippen molar-refractivity contribution in [2.75, 3.05) is 11.9 Å². The molecular formula is C16H18BrN3O. The Kier molecular flexibility index (Phi) is 4.10. The molecule has 0 radical (unpaired) electrons. The summed E-state index contributed by atoms with van der Waals surface area (Å²) in [5.74, 6) is 3.56. The molecule has 1 aliphatic rings. The Morgan fingerprint density at radius 1 is 1.29 bits per heavy atom. The summed E-state index contributed by atoms with van der Waals surface area (Å²) in [6.07, 6.45) is 2.34. The Balaban J connectivity index is 1.89. The summed E-state index contributed by atoms with van der Waals surface area (Å²) >= 11 is 3.53. The van der Waals surface area contributed by atoms with Crippen LogP contribution in [0.15, 0.2) is 28.7 Å². The van der Waals surface area contributed by atoms with Crippen LogP contribution in [0.2, 0.25) is 0 Å². The molecule has 21 heavy (non-hydrogen) atoms. The zero-order chi connectivity index (χ0) is 14.8. The van der Waals surface area contributed by atoms with Gasteiger partial charge in [0.2, 0.25) is 5.88 Å². The molecule has 0 aliphatic heterocycles. The molecule has 3 rings (SSSR count). The van der Waals surface area contributed by atoms with E-state index in [0.717, 1.165) is 28.4 Å². The van der Waals surface area contributed by atoms with Crippen molar-refractivity contribution >= 4 is 21.7 Å². The van der Waals surface area contributed by atoms with Crippen molar-refractivity contribution in [2.24, 2.45) is 0 Å². The van der Waals surface area contributed by atoms with E-state index in [9.17, 15) is 0 Å². The molecule has 1 saturated carbocycles. The maximum Gasteiger partial charge on any atom is 0.224 e. The highest BCUT2D eigenvalue weighted by Gasteiger charge is 2.27. The number of aryl methyl sites for hydroxylation is 1. The van der Waals surface area contributed by atoms with Gasteiger partial charge in [-0.1, -0.05) is 6.07 Å². The SMILES string of the molecule is CCNc1cc(Oc2ccc(C)cc2Br)nc(C2CC2)n1. The smallest absolute Gasteiger partial charge is 0.224 e. The lowest BCUT2D eigenvalue weighted by molar-refractivity contribution is 0.456. The number of anilines is 1. The fraction of sp³-hybridized carbons (Fsp3) is 0.375. The predicted octanol–water partition coefficient (Wildman–Crippen LogP) is 4.65. The number of hydrogen-bond donors (Lipinski definition) is 1. The van der Waals surface area contributed by atoms with Crippen LogP contribution in [0.4, 0.5) is 5.82 Å². The van der Waals surface area contributed by atoms with Gasteiger partial charge in [-0.3, -0.25) is 0 Å². The minimum atomic E-state index is 0.493. The molecule has 0 spiro atoms. The van der Waals surface area contributed by atoms with Gasteiger partial charge < -0.3 is 10.1 Å². The average molecular weight is 348 g/mol. The van der Waals surface area contributed by atoms with Crippen molar-refractivity contribution in [1.29, 1.82) is 0 Å². The summed E-state index contributed by atoms with van der Waals surface area (Å²) in [7, 11) is 0. The van der Waals surface area contributed by atoms with Gasteiger partial charge in [0.1, 0.15) is 17.4 Å². The average Bonchev–Trinajstić information content (AvgIpc) is 3.27. The summed E-state index contributed by atoms with van der Waals surface area (Å²) in [4.78, 5) is 9.09. The zero-order valence-electron chi connectivity index (χ0n) is 12.2. The number of rotatable bonds is 5. The molecule has 0 saturated heterocycles. The molecule has 1 aromatic carbocycles. The fourth-order valence-corrected chi connectivity index (χ4v) is 2.67. The standard InChI is InChI=1S/C16H18BrN3O/c1-3-18-14-9-15(20-16(19-14)11-5-6-11)21-13-7-4-10(2)8-12(13)17/h4,7-9,11H,3,5-6H2,1-2H3,(H,18,19,20). The molecule has 5 heteroatoms. The Bertz CT molecular complexity index is 656. The van der Waals surface area contributed by atoms with E-state index in [1.165, 1.54) is 18.4 Å². The fourth-order valence-electron chi connectivity index (χ4n) is 2.09. The van der Waals surface area contributed by atoms with Crippen molar-refractivity contribution in [3.63, 3.8) is 0 Å². The summed E-state index contributed by atoms with van der Waals surface area (Å²) in [6.45, 7) is 4.93. The van der Waals surface area contributed by atoms with Gasteiger partial charge in [0.25, 0.3) is 0 Å². The summed E-state index contributed by atoms with van der Waals surface area (Å²) in [5, 5.41) is 3.24. The van der Waals surface area contributed by atoms with Crippen LogP contribution < -0.4 is 10.1 Å². The van der Waals surface area contributed by atoms with Gasteiger partial charge >= 0.3 is 0 Å². The van der Waals surface area contributed by atoms with Crippen molar-refractivity contribution in [1.82, 2.24) is 9.97 Å². The first-order chi connectivity index (χ1) is 10.2. The Morgan fingerprint density at radius 2 is 2.10 bits per heavy atom. The minimum Gasteiger partial charge on any atom is -0.438 e. The second-order valence-corrected chi connectivity index (χ2v) is 6.14. The second kappa shape index (κ2) is 6.02. The third-order valence-corrected chi connectivity index (χ3v) is 3.94. The third-order valence-electron chi connectivity index (χ3n) is 3.32. The lowest BCUT2D eigenvalue weighted by Crippen LogP contribution is -2.04. The molecule has 1 aromatic heterocycles. The van der Waals surface area contributed by atoms with Crippen LogP contribution in [0.3, 0.4) is 0 Å². The normalized spacial score (nSPS) is 14.0. The monoisotopic (exact) mass is 347 g/mol. The number of ether oxygens (including phenoxy) is 1. The molecule has 1 fully saturated rings. The largest absolute Gasteiger partial charge is 0.438 e. The van der Waals surface area contributed by atoms with Gasteiger partial charge in [-0.15, -0.1) is 0 Å². The van der Waals surface area contributed by atoms with Gasteiger partial charge in [0.05, 0.1) is 4.47 Å². The van der Waals surface area contributed by atoms with E-state index in [-0.39, 0.29) is 0 Å². The molecule has 110 valence electrons. The Hall–Kier alpha value is -1.62. The molecular weight excluding hydrogens is 330 g/mol. The third kappa shape index (κ3) is 3.53. The summed E-state index contributed by atoms with van der Waals surface area (Å²) < 4.78 is 6.86. The van der Waals surface area contributed by atoms with Crippen LogP contribution in [-0.4, -0.2) is 16.5 Å². The second-order valence-electron chi connectivity index (χ2n) is 5.29. The van der Waals surface area contributed by atoms with E-state index in [2.05, 4.69) is 38.1 Å². The maximum atomic E-state index is 5.93. The molecule has 1 heterocycles. The Morgan fingerprint density at radius 3 is 2.76 bits per heavy atom. The molecule has 1 N–H and O–H groups in total. The molecule has 4 nitrogen and oxygen atoms in total. The number of benzene rings is 1. The molecule has 0 atom stereocenters. The number of aromatic nitrogens is 2. The topological polar surface area (TPSA) is 47.0 Å². The molecule has 1 aliphatic carbocycles. The van der Waals surface area contributed by atoms with Crippen molar-refractivity contribution < 1.29 is 4.74 Å². The number of hydrogen-bond acceptors (Lipinski definition) is 4. The van der Waals surface area contributed by atoms with Crippen molar-refractivity contribution in [3.05, 3.63) is 40.1 Å². The molecule has 2 aromatic rings. The van der Waals surface area contributed by atoms with E-state index < -0.39 is 0 Å². The first kappa shape index (κ1) is 14.3. The molecule has 0 amide bonds. The van der Waals surface area contributed by atoms with Gasteiger partial charge in [-0.05, 0) is 60.3 Å². The lowest BCUT2D eigenvalue weighted by atomic mass is 10.2. The van der Waals surface area contributed by atoms with E-state index >= 15 is 0 Å². The van der Waals surface area contributed by atoms with E-state index in [1.54, 1.807) is 0 Å². The summed E-state index contributed by atoms with van der Waals surface area (Å²) in [5.41, 5.74) is 1.18. The Labute approximate surface area is 133 Å². The van der Waals surface area contributed by atoms with E-state index in [4.69, 9.17) is 4.74 Å². The number of halogens is 1.